The van der Waals surface area contributed by atoms with E-state index in [1.165, 1.54) is 0 Å². The number of pyridine rings is 1. The molecule has 2 aliphatic rings. The molecule has 5 nitrogen and oxygen atoms in total. The van der Waals surface area contributed by atoms with E-state index in [4.69, 9.17) is 0 Å². The number of likely N-dealkylation sites (tertiary alicyclic amines) is 1. The first-order valence-electron chi connectivity index (χ1n) is 11.7. The lowest BCUT2D eigenvalue weighted by atomic mass is 9.77. The predicted molar refractivity (Wildman–Crippen MR) is 124 cm³/mol. The van der Waals surface area contributed by atoms with Gasteiger partial charge in [-0.25, -0.2) is 0 Å². The van der Waals surface area contributed by atoms with Crippen molar-refractivity contribution in [2.24, 2.45) is 11.3 Å². The number of nitrogens with one attached hydrogen (secondary N) is 1. The summed E-state index contributed by atoms with van der Waals surface area (Å²) < 4.78 is 41.5. The molecule has 4 rings (SSSR count). The van der Waals surface area contributed by atoms with Gasteiger partial charge in [0.2, 0.25) is 5.91 Å². The van der Waals surface area contributed by atoms with Crippen molar-refractivity contribution in [1.29, 1.82) is 0 Å². The molecule has 3 heterocycles. The maximum absolute atomic E-state index is 13.8. The van der Waals surface area contributed by atoms with E-state index in [1.807, 2.05) is 25.1 Å². The number of amides is 1. The van der Waals surface area contributed by atoms with Crippen molar-refractivity contribution < 1.29 is 18.0 Å². The quantitative estimate of drug-likeness (QED) is 0.725. The largest absolute Gasteiger partial charge is 0.393 e. The maximum Gasteiger partial charge on any atom is 0.393 e. The lowest BCUT2D eigenvalue weighted by molar-refractivity contribution is -0.178. The van der Waals surface area contributed by atoms with Crippen molar-refractivity contribution in [1.82, 2.24) is 15.2 Å². The molecule has 1 amide bonds. The van der Waals surface area contributed by atoms with Crippen LogP contribution in [-0.2, 0) is 4.79 Å². The summed E-state index contributed by atoms with van der Waals surface area (Å²) in [5, 5.41) is 3.79. The third-order valence-electron chi connectivity index (χ3n) is 7.35. The van der Waals surface area contributed by atoms with E-state index >= 15 is 0 Å². The summed E-state index contributed by atoms with van der Waals surface area (Å²) in [4.78, 5) is 21.3. The van der Waals surface area contributed by atoms with Crippen LogP contribution in [0, 0.1) is 18.3 Å². The normalized spacial score (nSPS) is 24.1. The molecular weight excluding hydrogens is 429 g/mol. The second-order valence-electron chi connectivity index (χ2n) is 10.2. The van der Waals surface area contributed by atoms with Crippen LogP contribution < -0.4 is 10.2 Å². The zero-order chi connectivity index (χ0) is 23.8. The first kappa shape index (κ1) is 23.8. The van der Waals surface area contributed by atoms with Gasteiger partial charge in [-0.15, -0.1) is 0 Å². The molecule has 2 unspecified atom stereocenters. The van der Waals surface area contributed by atoms with Gasteiger partial charge in [-0.2, -0.15) is 13.2 Å². The second-order valence-corrected chi connectivity index (χ2v) is 10.2. The van der Waals surface area contributed by atoms with Crippen molar-refractivity contribution in [3.05, 3.63) is 36.0 Å². The number of benzene rings is 1. The SMILES string of the molecule is Cc1ccc(N2CC(NC(=O)CC3(C)CCN(C)CC3)CC(C(F)(F)F)C2)c2cccnc12. The first-order chi connectivity index (χ1) is 15.5. The molecule has 2 saturated heterocycles. The van der Waals surface area contributed by atoms with E-state index in [9.17, 15) is 18.0 Å². The fourth-order valence-electron chi connectivity index (χ4n) is 5.21. The van der Waals surface area contributed by atoms with Gasteiger partial charge >= 0.3 is 6.18 Å². The van der Waals surface area contributed by atoms with E-state index in [0.717, 1.165) is 48.1 Å². The Hall–Kier alpha value is -2.35. The average molecular weight is 463 g/mol. The van der Waals surface area contributed by atoms with Gasteiger partial charge in [-0.05, 0) is 75.5 Å². The van der Waals surface area contributed by atoms with E-state index in [-0.39, 0.29) is 24.3 Å². The van der Waals surface area contributed by atoms with Gasteiger partial charge in [0, 0.05) is 42.8 Å². The van der Waals surface area contributed by atoms with Crippen LogP contribution in [0.2, 0.25) is 0 Å². The van der Waals surface area contributed by atoms with Crippen molar-refractivity contribution >= 4 is 22.5 Å². The molecule has 0 aliphatic carbocycles. The van der Waals surface area contributed by atoms with E-state index in [1.54, 1.807) is 17.2 Å². The molecule has 8 heteroatoms. The van der Waals surface area contributed by atoms with E-state index in [2.05, 4.69) is 29.2 Å². The Kier molecular flexibility index (Phi) is 6.58. The number of aromatic nitrogens is 1. The van der Waals surface area contributed by atoms with Crippen LogP contribution in [0.4, 0.5) is 18.9 Å². The van der Waals surface area contributed by atoms with Crippen LogP contribution in [0.1, 0.15) is 38.2 Å². The summed E-state index contributed by atoms with van der Waals surface area (Å²) in [6, 6.07) is 6.92. The van der Waals surface area contributed by atoms with Gasteiger partial charge in [-0.3, -0.25) is 9.78 Å². The van der Waals surface area contributed by atoms with E-state index in [0.29, 0.717) is 13.0 Å². The Labute approximate surface area is 193 Å². The molecule has 0 spiro atoms. The summed E-state index contributed by atoms with van der Waals surface area (Å²) >= 11 is 0. The van der Waals surface area contributed by atoms with Gasteiger partial charge in [0.05, 0.1) is 11.4 Å². The summed E-state index contributed by atoms with van der Waals surface area (Å²) in [6.45, 7) is 6.16. The highest BCUT2D eigenvalue weighted by Crippen LogP contribution is 2.38. The van der Waals surface area contributed by atoms with Crippen molar-refractivity contribution in [3.8, 4) is 0 Å². The lowest BCUT2D eigenvalue weighted by Crippen LogP contribution is -2.54. The average Bonchev–Trinajstić information content (AvgIpc) is 2.75. The molecule has 2 atom stereocenters. The van der Waals surface area contributed by atoms with Gasteiger partial charge in [0.15, 0.2) is 0 Å². The predicted octanol–water partition coefficient (Wildman–Crippen LogP) is 4.54. The first-order valence-corrected chi connectivity index (χ1v) is 11.7. The maximum atomic E-state index is 13.8. The number of anilines is 1. The van der Waals surface area contributed by atoms with Crippen LogP contribution in [0.15, 0.2) is 30.5 Å². The minimum atomic E-state index is -4.32. The van der Waals surface area contributed by atoms with Crippen molar-refractivity contribution in [3.63, 3.8) is 0 Å². The van der Waals surface area contributed by atoms with Gasteiger partial charge < -0.3 is 15.1 Å². The third kappa shape index (κ3) is 5.42. The summed E-state index contributed by atoms with van der Waals surface area (Å²) in [7, 11) is 2.07. The fourth-order valence-corrected chi connectivity index (χ4v) is 5.21. The third-order valence-corrected chi connectivity index (χ3v) is 7.35. The number of carbonyl (C=O) groups excluding carboxylic acids is 1. The van der Waals surface area contributed by atoms with Crippen molar-refractivity contribution in [2.45, 2.75) is 51.7 Å². The molecule has 1 aromatic heterocycles. The molecule has 0 saturated carbocycles. The van der Waals surface area contributed by atoms with Gasteiger partial charge in [0.25, 0.3) is 0 Å². The molecule has 0 radical (unpaired) electrons. The van der Waals surface area contributed by atoms with Gasteiger partial charge in [-0.1, -0.05) is 13.0 Å². The molecule has 2 aromatic rings. The van der Waals surface area contributed by atoms with Crippen LogP contribution in [-0.4, -0.2) is 61.2 Å². The van der Waals surface area contributed by atoms with Crippen LogP contribution in [0.3, 0.4) is 0 Å². The smallest absolute Gasteiger partial charge is 0.368 e. The number of rotatable bonds is 4. The van der Waals surface area contributed by atoms with Crippen LogP contribution in [0.5, 0.6) is 0 Å². The summed E-state index contributed by atoms with van der Waals surface area (Å²) in [5.41, 5.74) is 2.40. The standard InChI is InChI=1S/C25H33F3N4O/c1-17-6-7-21(20-5-4-10-29-23(17)20)32-15-18(25(26,27)28)13-19(16-32)30-22(33)14-24(2)8-11-31(3)12-9-24/h4-7,10,18-19H,8-9,11-16H2,1-3H3,(H,30,33). The summed E-state index contributed by atoms with van der Waals surface area (Å²) in [5.74, 6) is -1.64. The monoisotopic (exact) mass is 462 g/mol. The molecule has 2 aliphatic heterocycles. The fraction of sp³-hybridized carbons (Fsp3) is 0.600. The Morgan fingerprint density at radius 1 is 1.21 bits per heavy atom. The number of hydrogen-bond donors (Lipinski definition) is 1. The van der Waals surface area contributed by atoms with Gasteiger partial charge in [0.1, 0.15) is 0 Å². The van der Waals surface area contributed by atoms with E-state index < -0.39 is 18.1 Å². The molecule has 2 fully saturated rings. The van der Waals surface area contributed by atoms with Crippen LogP contribution in [0.25, 0.3) is 10.9 Å². The van der Waals surface area contributed by atoms with Crippen LogP contribution >= 0.6 is 0 Å². The lowest BCUT2D eigenvalue weighted by Gasteiger charge is -2.41. The highest BCUT2D eigenvalue weighted by molar-refractivity contribution is 5.93. The highest BCUT2D eigenvalue weighted by atomic mass is 19.4. The second kappa shape index (κ2) is 9.12. The number of carbonyl (C=O) groups is 1. The van der Waals surface area contributed by atoms with Crippen molar-refractivity contribution in [2.75, 3.05) is 38.1 Å². The molecule has 1 aromatic carbocycles. The summed E-state index contributed by atoms with van der Waals surface area (Å²) in [6.07, 6.45) is -0.526. The molecule has 0 bridgehead atoms. The minimum absolute atomic E-state index is 0.0900. The molecular formula is C25H33F3N4O. The molecule has 180 valence electrons. The number of halogens is 3. The number of piperidine rings is 2. The Morgan fingerprint density at radius 3 is 2.64 bits per heavy atom. The number of fused-ring (bicyclic) bond motifs is 1. The Bertz CT molecular complexity index is 1000. The zero-order valence-electron chi connectivity index (χ0n) is 19.6. The molecule has 33 heavy (non-hydrogen) atoms. The highest BCUT2D eigenvalue weighted by Gasteiger charge is 2.45. The topological polar surface area (TPSA) is 48.5 Å². The number of aryl methyl sites for hydroxylation is 1. The zero-order valence-corrected chi connectivity index (χ0v) is 19.6. The number of nitrogens with zero attached hydrogens (tertiary/aromatic N) is 3. The number of alkyl halides is 3. The Morgan fingerprint density at radius 2 is 1.94 bits per heavy atom. The minimum Gasteiger partial charge on any atom is -0.368 e. The Balaban J connectivity index is 1.53. The molecule has 1 N–H and O–H groups in total. The number of hydrogen-bond acceptors (Lipinski definition) is 4.